The summed E-state index contributed by atoms with van der Waals surface area (Å²) in [7, 11) is 4.46. The molecule has 9 nitrogen and oxygen atoms in total. The van der Waals surface area contributed by atoms with Crippen LogP contribution < -0.4 is 14.4 Å². The van der Waals surface area contributed by atoms with Crippen LogP contribution in [0.4, 0.5) is 5.69 Å². The average molecular weight is 478 g/mol. The standard InChI is InChI=1S/C26H27N3O6/c1-33-17-5-7-23(34-2)22(12-17)29-13-16(11-24(29)30)25(31)28-9-8-21-19(14-28)18-10-15(26(32)35-3)4-6-20(18)27-21/h4-7,10,12,16,27H,8-9,11,13-14H2,1-3H3. The first-order valence-electron chi connectivity index (χ1n) is 11.5. The van der Waals surface area contributed by atoms with E-state index >= 15 is 0 Å². The minimum Gasteiger partial charge on any atom is -0.497 e. The first kappa shape index (κ1) is 22.8. The molecular weight excluding hydrogens is 450 g/mol. The fraction of sp³-hybridized carbons (Fsp3) is 0.346. The van der Waals surface area contributed by atoms with E-state index in [1.54, 1.807) is 49.5 Å². The van der Waals surface area contributed by atoms with Crippen LogP contribution in [0.3, 0.4) is 0 Å². The maximum absolute atomic E-state index is 13.5. The molecule has 3 aromatic rings. The van der Waals surface area contributed by atoms with Crippen LogP contribution in [-0.4, -0.2) is 62.1 Å². The van der Waals surface area contributed by atoms with Crippen LogP contribution in [0, 0.1) is 5.92 Å². The van der Waals surface area contributed by atoms with Crippen molar-refractivity contribution in [2.24, 2.45) is 5.92 Å². The molecule has 1 N–H and O–H groups in total. The van der Waals surface area contributed by atoms with Gasteiger partial charge in [-0.3, -0.25) is 9.59 Å². The molecule has 9 heteroatoms. The Balaban J connectivity index is 1.37. The largest absolute Gasteiger partial charge is 0.497 e. The molecule has 182 valence electrons. The molecule has 1 aromatic heterocycles. The van der Waals surface area contributed by atoms with Gasteiger partial charge in [0.15, 0.2) is 0 Å². The number of carbonyl (C=O) groups is 3. The maximum atomic E-state index is 13.5. The fourth-order valence-corrected chi connectivity index (χ4v) is 5.02. The van der Waals surface area contributed by atoms with Gasteiger partial charge in [-0.25, -0.2) is 4.79 Å². The number of hydrogen-bond acceptors (Lipinski definition) is 6. The number of ether oxygens (including phenoxy) is 3. The zero-order chi connectivity index (χ0) is 24.7. The molecule has 2 amide bonds. The molecular formula is C26H27N3O6. The molecule has 0 radical (unpaired) electrons. The van der Waals surface area contributed by atoms with E-state index < -0.39 is 11.9 Å². The van der Waals surface area contributed by atoms with E-state index in [1.807, 2.05) is 11.0 Å². The van der Waals surface area contributed by atoms with Crippen LogP contribution in [-0.2, 0) is 27.3 Å². The molecule has 1 fully saturated rings. The topological polar surface area (TPSA) is 101 Å². The highest BCUT2D eigenvalue weighted by Gasteiger charge is 2.39. The number of nitrogens with zero attached hydrogens (tertiary/aromatic N) is 2. The van der Waals surface area contributed by atoms with Gasteiger partial charge in [0.05, 0.1) is 38.5 Å². The lowest BCUT2D eigenvalue weighted by molar-refractivity contribution is -0.136. The summed E-state index contributed by atoms with van der Waals surface area (Å²) in [4.78, 5) is 45.2. The predicted molar refractivity (Wildman–Crippen MR) is 129 cm³/mol. The van der Waals surface area contributed by atoms with Crippen molar-refractivity contribution in [3.63, 3.8) is 0 Å². The molecule has 0 spiro atoms. The van der Waals surface area contributed by atoms with Crippen LogP contribution in [0.2, 0.25) is 0 Å². The van der Waals surface area contributed by atoms with Crippen LogP contribution in [0.25, 0.3) is 10.9 Å². The third-order valence-corrected chi connectivity index (χ3v) is 6.86. The number of nitrogens with one attached hydrogen (secondary N) is 1. The van der Waals surface area contributed by atoms with Crippen LogP contribution in [0.15, 0.2) is 36.4 Å². The third-order valence-electron chi connectivity index (χ3n) is 6.86. The number of hydrogen-bond donors (Lipinski definition) is 1. The van der Waals surface area contributed by atoms with Crippen molar-refractivity contribution < 1.29 is 28.6 Å². The number of rotatable bonds is 5. The van der Waals surface area contributed by atoms with E-state index in [-0.39, 0.29) is 24.8 Å². The average Bonchev–Trinajstić information content (AvgIpc) is 3.46. The Morgan fingerprint density at radius 3 is 2.63 bits per heavy atom. The zero-order valence-corrected chi connectivity index (χ0v) is 19.9. The number of fused-ring (bicyclic) bond motifs is 3. The first-order chi connectivity index (χ1) is 16.9. The minimum absolute atomic E-state index is 0.0492. The monoisotopic (exact) mass is 477 g/mol. The Labute approximate surface area is 202 Å². The maximum Gasteiger partial charge on any atom is 0.337 e. The molecule has 3 heterocycles. The second-order valence-corrected chi connectivity index (χ2v) is 8.79. The van der Waals surface area contributed by atoms with Gasteiger partial charge in [0.25, 0.3) is 0 Å². The van der Waals surface area contributed by atoms with E-state index in [0.717, 1.165) is 22.2 Å². The van der Waals surface area contributed by atoms with Crippen molar-refractivity contribution in [2.75, 3.05) is 39.3 Å². The van der Waals surface area contributed by atoms with Gasteiger partial charge >= 0.3 is 5.97 Å². The van der Waals surface area contributed by atoms with Gasteiger partial charge in [0.2, 0.25) is 11.8 Å². The number of amides is 2. The van der Waals surface area contributed by atoms with E-state index in [1.165, 1.54) is 7.11 Å². The van der Waals surface area contributed by atoms with E-state index in [0.29, 0.717) is 42.3 Å². The molecule has 5 rings (SSSR count). The lowest BCUT2D eigenvalue weighted by atomic mass is 10.0. The molecule has 1 unspecified atom stereocenters. The van der Waals surface area contributed by atoms with Crippen molar-refractivity contribution in [3.8, 4) is 11.5 Å². The summed E-state index contributed by atoms with van der Waals surface area (Å²) in [5, 5.41) is 0.908. The second-order valence-electron chi connectivity index (χ2n) is 8.79. The number of H-pyrrole nitrogens is 1. The zero-order valence-electron chi connectivity index (χ0n) is 19.9. The number of methoxy groups -OCH3 is 3. The molecule has 0 bridgehead atoms. The molecule has 2 aliphatic heterocycles. The Hall–Kier alpha value is -4.01. The number of anilines is 1. The van der Waals surface area contributed by atoms with Crippen LogP contribution in [0.5, 0.6) is 11.5 Å². The summed E-state index contributed by atoms with van der Waals surface area (Å²) >= 11 is 0. The highest BCUT2D eigenvalue weighted by molar-refractivity contribution is 6.02. The van der Waals surface area contributed by atoms with Crippen LogP contribution >= 0.6 is 0 Å². The van der Waals surface area contributed by atoms with Gasteiger partial charge < -0.3 is 29.0 Å². The Bertz CT molecular complexity index is 1330. The van der Waals surface area contributed by atoms with Crippen molar-refractivity contribution in [1.29, 1.82) is 0 Å². The van der Waals surface area contributed by atoms with Gasteiger partial charge in [0.1, 0.15) is 11.5 Å². The number of aromatic amines is 1. The fourth-order valence-electron chi connectivity index (χ4n) is 5.02. The minimum atomic E-state index is -0.448. The molecule has 0 aliphatic carbocycles. The first-order valence-corrected chi connectivity index (χ1v) is 11.5. The summed E-state index contributed by atoms with van der Waals surface area (Å²) in [6.45, 7) is 1.27. The number of carbonyl (C=O) groups excluding carboxylic acids is 3. The Morgan fingerprint density at radius 2 is 1.89 bits per heavy atom. The SMILES string of the molecule is COC(=O)c1ccc2[nH]c3c(c2c1)CN(C(=O)C1CC(=O)N(c2cc(OC)ccc2OC)C1)CC3. The van der Waals surface area contributed by atoms with Gasteiger partial charge in [0, 0.05) is 60.7 Å². The normalized spacial score (nSPS) is 17.5. The summed E-state index contributed by atoms with van der Waals surface area (Å²) in [6, 6.07) is 10.7. The van der Waals surface area contributed by atoms with Gasteiger partial charge in [-0.05, 0) is 30.3 Å². The van der Waals surface area contributed by atoms with Crippen molar-refractivity contribution in [1.82, 2.24) is 9.88 Å². The van der Waals surface area contributed by atoms with Crippen molar-refractivity contribution in [3.05, 3.63) is 53.2 Å². The van der Waals surface area contributed by atoms with Gasteiger partial charge in [-0.1, -0.05) is 0 Å². The predicted octanol–water partition coefficient (Wildman–Crippen LogP) is 2.91. The Morgan fingerprint density at radius 1 is 1.06 bits per heavy atom. The van der Waals surface area contributed by atoms with E-state index in [2.05, 4.69) is 4.98 Å². The van der Waals surface area contributed by atoms with E-state index in [4.69, 9.17) is 14.2 Å². The molecule has 35 heavy (non-hydrogen) atoms. The number of aromatic nitrogens is 1. The molecule has 1 saturated heterocycles. The highest BCUT2D eigenvalue weighted by Crippen LogP contribution is 2.37. The molecule has 2 aliphatic rings. The van der Waals surface area contributed by atoms with Crippen LogP contribution in [0.1, 0.15) is 28.0 Å². The second kappa shape index (κ2) is 8.98. The summed E-state index contributed by atoms with van der Waals surface area (Å²) < 4.78 is 15.6. The molecule has 0 saturated carbocycles. The highest BCUT2D eigenvalue weighted by atomic mass is 16.5. The molecule has 1 atom stereocenters. The lowest BCUT2D eigenvalue weighted by Crippen LogP contribution is -2.40. The summed E-state index contributed by atoms with van der Waals surface area (Å²) in [5.41, 5.74) is 4.05. The third kappa shape index (κ3) is 3.96. The van der Waals surface area contributed by atoms with Gasteiger partial charge in [-0.15, -0.1) is 0 Å². The molecule has 2 aromatic carbocycles. The van der Waals surface area contributed by atoms with Crippen molar-refractivity contribution >= 4 is 34.4 Å². The number of esters is 1. The summed E-state index contributed by atoms with van der Waals surface area (Å²) in [6.07, 6.45) is 0.820. The number of benzene rings is 2. The smallest absolute Gasteiger partial charge is 0.337 e. The lowest BCUT2D eigenvalue weighted by Gasteiger charge is -2.29. The Kier molecular flexibility index (Phi) is 5.84. The quantitative estimate of drug-likeness (QED) is 0.567. The van der Waals surface area contributed by atoms with Gasteiger partial charge in [-0.2, -0.15) is 0 Å². The van der Waals surface area contributed by atoms with E-state index in [9.17, 15) is 14.4 Å². The van der Waals surface area contributed by atoms with Crippen molar-refractivity contribution in [2.45, 2.75) is 19.4 Å². The summed E-state index contributed by atoms with van der Waals surface area (Å²) in [5.74, 6) is 0.140.